The van der Waals surface area contributed by atoms with Crippen molar-refractivity contribution in [1.82, 2.24) is 5.32 Å². The molecule has 1 aliphatic carbocycles. The van der Waals surface area contributed by atoms with Gasteiger partial charge in [-0.2, -0.15) is 0 Å². The van der Waals surface area contributed by atoms with E-state index < -0.39 is 0 Å². The van der Waals surface area contributed by atoms with Gasteiger partial charge < -0.3 is 9.73 Å². The first kappa shape index (κ1) is 14.5. The maximum Gasteiger partial charge on any atom is 0.253 e. The number of hydrogen-bond donors (Lipinski definition) is 1. The van der Waals surface area contributed by atoms with Crippen LogP contribution < -0.4 is 5.32 Å². The molecule has 0 aliphatic heterocycles. The first-order chi connectivity index (χ1) is 10.1. The number of nitrogens with one attached hydrogen (secondary N) is 1. The minimum Gasteiger partial charge on any atom is -0.469 e. The SMILES string of the molecule is Cc1coc2c1C(NC(=O)c1ccc(Cl)cc1Cl)CCC2. The molecule has 21 heavy (non-hydrogen) atoms. The normalized spacial score (nSPS) is 17.4. The smallest absolute Gasteiger partial charge is 0.253 e. The topological polar surface area (TPSA) is 42.2 Å². The summed E-state index contributed by atoms with van der Waals surface area (Å²) in [6.45, 7) is 2.00. The van der Waals surface area contributed by atoms with E-state index >= 15 is 0 Å². The van der Waals surface area contributed by atoms with Crippen molar-refractivity contribution in [2.45, 2.75) is 32.2 Å². The van der Waals surface area contributed by atoms with Gasteiger partial charge in [0.1, 0.15) is 5.76 Å². The van der Waals surface area contributed by atoms with Crippen LogP contribution in [-0.2, 0) is 6.42 Å². The van der Waals surface area contributed by atoms with Gasteiger partial charge in [-0.05, 0) is 43.5 Å². The summed E-state index contributed by atoms with van der Waals surface area (Å²) in [5.41, 5.74) is 2.63. The number of rotatable bonds is 2. The second kappa shape index (κ2) is 5.74. The molecular formula is C16H15Cl2NO2. The van der Waals surface area contributed by atoms with Crippen molar-refractivity contribution in [2.24, 2.45) is 0 Å². The second-order valence-electron chi connectivity index (χ2n) is 5.30. The number of fused-ring (bicyclic) bond motifs is 1. The fraction of sp³-hybridized carbons (Fsp3) is 0.312. The summed E-state index contributed by atoms with van der Waals surface area (Å²) in [5, 5.41) is 3.93. The molecule has 1 aromatic heterocycles. The minimum atomic E-state index is -0.185. The minimum absolute atomic E-state index is 0.0215. The fourth-order valence-electron chi connectivity index (χ4n) is 2.83. The highest BCUT2D eigenvalue weighted by Gasteiger charge is 2.27. The number of carbonyl (C=O) groups is 1. The van der Waals surface area contributed by atoms with Gasteiger partial charge in [-0.1, -0.05) is 23.2 Å². The zero-order chi connectivity index (χ0) is 15.0. The maximum atomic E-state index is 12.4. The molecule has 1 aliphatic rings. The number of carbonyl (C=O) groups excluding carboxylic acids is 1. The van der Waals surface area contributed by atoms with E-state index in [4.69, 9.17) is 27.6 Å². The lowest BCUT2D eigenvalue weighted by molar-refractivity contribution is 0.0932. The average Bonchev–Trinajstić information content (AvgIpc) is 2.81. The number of hydrogen-bond acceptors (Lipinski definition) is 2. The van der Waals surface area contributed by atoms with Gasteiger partial charge in [0.15, 0.2) is 0 Å². The molecule has 0 bridgehead atoms. The van der Waals surface area contributed by atoms with Crippen LogP contribution in [0.1, 0.15) is 46.1 Å². The summed E-state index contributed by atoms with van der Waals surface area (Å²) in [4.78, 5) is 12.4. The Labute approximate surface area is 133 Å². The number of benzene rings is 1. The quantitative estimate of drug-likeness (QED) is 0.870. The Morgan fingerprint density at radius 2 is 2.19 bits per heavy atom. The van der Waals surface area contributed by atoms with Crippen LogP contribution in [0.2, 0.25) is 10.0 Å². The predicted octanol–water partition coefficient (Wildman–Crippen LogP) is 4.70. The van der Waals surface area contributed by atoms with Crippen LogP contribution in [0.15, 0.2) is 28.9 Å². The molecule has 0 radical (unpaired) electrons. The molecule has 0 saturated carbocycles. The highest BCUT2D eigenvalue weighted by Crippen LogP contribution is 2.34. The number of halogens is 2. The van der Waals surface area contributed by atoms with E-state index in [1.165, 1.54) is 0 Å². The van der Waals surface area contributed by atoms with Crippen molar-refractivity contribution in [1.29, 1.82) is 0 Å². The lowest BCUT2D eigenvalue weighted by atomic mass is 9.90. The van der Waals surface area contributed by atoms with Crippen molar-refractivity contribution in [2.75, 3.05) is 0 Å². The summed E-state index contributed by atoms with van der Waals surface area (Å²) < 4.78 is 5.55. The molecule has 1 amide bonds. The molecule has 110 valence electrons. The largest absolute Gasteiger partial charge is 0.469 e. The van der Waals surface area contributed by atoms with Gasteiger partial charge in [0.25, 0.3) is 5.91 Å². The molecule has 1 N–H and O–H groups in total. The van der Waals surface area contributed by atoms with Gasteiger partial charge in [-0.15, -0.1) is 0 Å². The first-order valence-corrected chi connectivity index (χ1v) is 7.64. The maximum absolute atomic E-state index is 12.4. The lowest BCUT2D eigenvalue weighted by Crippen LogP contribution is -2.31. The molecule has 0 fully saturated rings. The first-order valence-electron chi connectivity index (χ1n) is 6.89. The monoisotopic (exact) mass is 323 g/mol. The van der Waals surface area contributed by atoms with Gasteiger partial charge in [-0.3, -0.25) is 4.79 Å². The van der Waals surface area contributed by atoms with Crippen LogP contribution in [0.4, 0.5) is 0 Å². The van der Waals surface area contributed by atoms with Crippen LogP contribution in [0, 0.1) is 6.92 Å². The third-order valence-electron chi connectivity index (χ3n) is 3.83. The Morgan fingerprint density at radius 3 is 2.95 bits per heavy atom. The zero-order valence-electron chi connectivity index (χ0n) is 11.6. The van der Waals surface area contributed by atoms with E-state index in [0.29, 0.717) is 15.6 Å². The van der Waals surface area contributed by atoms with E-state index in [1.807, 2.05) is 6.92 Å². The van der Waals surface area contributed by atoms with Crippen molar-refractivity contribution in [3.05, 3.63) is 57.0 Å². The molecule has 0 spiro atoms. The van der Waals surface area contributed by atoms with Crippen molar-refractivity contribution in [3.63, 3.8) is 0 Å². The second-order valence-corrected chi connectivity index (χ2v) is 6.14. The van der Waals surface area contributed by atoms with Crippen molar-refractivity contribution >= 4 is 29.1 Å². The van der Waals surface area contributed by atoms with Crippen LogP contribution in [0.5, 0.6) is 0 Å². The fourth-order valence-corrected chi connectivity index (χ4v) is 3.33. The average molecular weight is 324 g/mol. The van der Waals surface area contributed by atoms with Gasteiger partial charge in [-0.25, -0.2) is 0 Å². The Bertz CT molecular complexity index is 694. The van der Waals surface area contributed by atoms with E-state index in [1.54, 1.807) is 24.5 Å². The standard InChI is InChI=1S/C16H15Cl2NO2/c1-9-8-21-14-4-2-3-13(15(9)14)19-16(20)11-6-5-10(17)7-12(11)18/h5-8,13H,2-4H2,1H3,(H,19,20). The third kappa shape index (κ3) is 2.81. The number of furan rings is 1. The van der Waals surface area contributed by atoms with E-state index in [0.717, 1.165) is 36.1 Å². The van der Waals surface area contributed by atoms with Gasteiger partial charge in [0, 0.05) is 17.0 Å². The highest BCUT2D eigenvalue weighted by molar-refractivity contribution is 6.36. The van der Waals surface area contributed by atoms with Crippen molar-refractivity contribution < 1.29 is 9.21 Å². The highest BCUT2D eigenvalue weighted by atomic mass is 35.5. The zero-order valence-corrected chi connectivity index (χ0v) is 13.1. The van der Waals surface area contributed by atoms with Crippen LogP contribution >= 0.6 is 23.2 Å². The van der Waals surface area contributed by atoms with Gasteiger partial charge >= 0.3 is 0 Å². The molecule has 1 aromatic carbocycles. The molecule has 1 unspecified atom stereocenters. The Hall–Kier alpha value is -1.45. The summed E-state index contributed by atoms with van der Waals surface area (Å²) >= 11 is 11.9. The van der Waals surface area contributed by atoms with Gasteiger partial charge in [0.2, 0.25) is 0 Å². The molecule has 5 heteroatoms. The third-order valence-corrected chi connectivity index (χ3v) is 4.38. The molecule has 3 rings (SSSR count). The molecule has 2 aromatic rings. The molecule has 1 heterocycles. The van der Waals surface area contributed by atoms with Gasteiger partial charge in [0.05, 0.1) is 22.9 Å². The Balaban J connectivity index is 1.84. The summed E-state index contributed by atoms with van der Waals surface area (Å²) in [6, 6.07) is 4.86. The Morgan fingerprint density at radius 1 is 1.38 bits per heavy atom. The molecule has 0 saturated heterocycles. The summed E-state index contributed by atoms with van der Waals surface area (Å²) in [6.07, 6.45) is 4.59. The van der Waals surface area contributed by atoms with Crippen LogP contribution in [0.3, 0.4) is 0 Å². The van der Waals surface area contributed by atoms with Crippen molar-refractivity contribution in [3.8, 4) is 0 Å². The number of aryl methyl sites for hydroxylation is 2. The molecule has 1 atom stereocenters. The van der Waals surface area contributed by atoms with Crippen LogP contribution in [-0.4, -0.2) is 5.91 Å². The summed E-state index contributed by atoms with van der Waals surface area (Å²) in [7, 11) is 0. The van der Waals surface area contributed by atoms with E-state index in [9.17, 15) is 4.79 Å². The summed E-state index contributed by atoms with van der Waals surface area (Å²) in [5.74, 6) is 0.793. The lowest BCUT2D eigenvalue weighted by Gasteiger charge is -2.24. The van der Waals surface area contributed by atoms with E-state index in [2.05, 4.69) is 5.32 Å². The van der Waals surface area contributed by atoms with Crippen LogP contribution in [0.25, 0.3) is 0 Å². The number of amides is 1. The predicted molar refractivity (Wildman–Crippen MR) is 83.1 cm³/mol. The Kier molecular flexibility index (Phi) is 3.96. The molecule has 3 nitrogen and oxygen atoms in total. The molecular weight excluding hydrogens is 309 g/mol. The van der Waals surface area contributed by atoms with E-state index in [-0.39, 0.29) is 11.9 Å².